The molecule has 6 nitrogen and oxygen atoms in total. The van der Waals surface area contributed by atoms with Gasteiger partial charge in [0.1, 0.15) is 11.9 Å². The van der Waals surface area contributed by atoms with Crippen LogP contribution in [-0.4, -0.2) is 22.5 Å². The molecule has 0 unspecified atom stereocenters. The van der Waals surface area contributed by atoms with Crippen LogP contribution in [0.15, 0.2) is 60.8 Å². The first-order valence-corrected chi connectivity index (χ1v) is 12.0. The van der Waals surface area contributed by atoms with Crippen LogP contribution >= 0.6 is 0 Å². The fraction of sp³-hybridized carbons (Fsp3) is 0.241. The maximum absolute atomic E-state index is 13.2. The van der Waals surface area contributed by atoms with Crippen LogP contribution in [0.4, 0.5) is 5.82 Å². The summed E-state index contributed by atoms with van der Waals surface area (Å²) in [5.41, 5.74) is 6.06. The summed E-state index contributed by atoms with van der Waals surface area (Å²) in [7, 11) is 0. The van der Waals surface area contributed by atoms with E-state index >= 15 is 0 Å². The Hall–Kier alpha value is -4.24. The molecule has 1 N–H and O–H groups in total. The summed E-state index contributed by atoms with van der Waals surface area (Å²) < 4.78 is 6.08. The number of ether oxygens (including phenoxy) is 1. The topological polar surface area (TPSA) is 87.9 Å². The summed E-state index contributed by atoms with van der Waals surface area (Å²) >= 11 is 0. The van der Waals surface area contributed by atoms with Crippen LogP contribution in [0.2, 0.25) is 0 Å². The lowest BCUT2D eigenvalue weighted by Gasteiger charge is -2.13. The zero-order chi connectivity index (χ0) is 23.8. The molecule has 2 aliphatic rings. The number of nitriles is 1. The van der Waals surface area contributed by atoms with E-state index in [0.29, 0.717) is 40.9 Å². The monoisotopic (exact) mass is 460 g/mol. The number of aromatic nitrogens is 2. The lowest BCUT2D eigenvalue weighted by molar-refractivity contribution is 0.102. The van der Waals surface area contributed by atoms with Crippen LogP contribution in [0.1, 0.15) is 46.3 Å². The van der Waals surface area contributed by atoms with Crippen LogP contribution in [-0.2, 0) is 12.8 Å². The Balaban J connectivity index is 1.32. The molecular formula is C29H24N4O2. The summed E-state index contributed by atoms with van der Waals surface area (Å²) in [6, 6.07) is 19.5. The van der Waals surface area contributed by atoms with Gasteiger partial charge >= 0.3 is 0 Å². The number of rotatable bonds is 6. The minimum Gasteiger partial charge on any atom is -0.477 e. The lowest BCUT2D eigenvalue weighted by Crippen LogP contribution is -2.14. The number of carbonyl (C=O) groups excluding carboxylic acids is 1. The molecule has 0 bridgehead atoms. The number of benzene rings is 2. The molecule has 1 amide bonds. The zero-order valence-electron chi connectivity index (χ0n) is 19.3. The molecule has 0 atom stereocenters. The number of hydrogen-bond donors (Lipinski definition) is 1. The van der Waals surface area contributed by atoms with Crippen molar-refractivity contribution in [2.45, 2.75) is 32.1 Å². The molecule has 0 radical (unpaired) electrons. The Morgan fingerprint density at radius 1 is 1.09 bits per heavy atom. The molecule has 172 valence electrons. The third kappa shape index (κ3) is 4.33. The Morgan fingerprint density at radius 2 is 1.97 bits per heavy atom. The van der Waals surface area contributed by atoms with Crippen molar-refractivity contribution < 1.29 is 9.53 Å². The molecule has 1 saturated carbocycles. The zero-order valence-corrected chi connectivity index (χ0v) is 19.3. The third-order valence-electron chi connectivity index (χ3n) is 6.76. The first-order valence-electron chi connectivity index (χ1n) is 12.0. The van der Waals surface area contributed by atoms with Gasteiger partial charge in [0.2, 0.25) is 5.88 Å². The average molecular weight is 461 g/mol. The second kappa shape index (κ2) is 8.84. The summed E-state index contributed by atoms with van der Waals surface area (Å²) in [5, 5.41) is 13.1. The molecule has 2 aromatic heterocycles. The summed E-state index contributed by atoms with van der Waals surface area (Å²) in [6.07, 6.45) is 7.32. The smallest absolute Gasteiger partial charge is 0.258 e. The first-order chi connectivity index (χ1) is 17.2. The van der Waals surface area contributed by atoms with Crippen molar-refractivity contribution in [1.82, 2.24) is 9.97 Å². The van der Waals surface area contributed by atoms with Gasteiger partial charge in [-0.25, -0.2) is 9.97 Å². The Bertz CT molecular complexity index is 1500. The van der Waals surface area contributed by atoms with E-state index in [0.717, 1.165) is 29.4 Å². The number of nitrogens with one attached hydrogen (secondary N) is 1. The van der Waals surface area contributed by atoms with E-state index in [4.69, 9.17) is 4.74 Å². The predicted octanol–water partition coefficient (Wildman–Crippen LogP) is 5.70. The maximum Gasteiger partial charge on any atom is 0.258 e. The number of fused-ring (bicyclic) bond motifs is 2. The second-order valence-electron chi connectivity index (χ2n) is 9.31. The normalized spacial score (nSPS) is 14.4. The fourth-order valence-corrected chi connectivity index (χ4v) is 4.61. The summed E-state index contributed by atoms with van der Waals surface area (Å²) in [5.74, 6) is 1.24. The van der Waals surface area contributed by atoms with Crippen molar-refractivity contribution in [2.75, 3.05) is 11.9 Å². The van der Waals surface area contributed by atoms with E-state index in [2.05, 4.69) is 39.6 Å². The second-order valence-corrected chi connectivity index (χ2v) is 9.31. The highest BCUT2D eigenvalue weighted by molar-refractivity contribution is 6.05. The highest BCUT2D eigenvalue weighted by atomic mass is 16.5. The summed E-state index contributed by atoms with van der Waals surface area (Å²) in [4.78, 5) is 22.2. The minimum atomic E-state index is -0.310. The molecule has 0 aliphatic heterocycles. The number of anilines is 1. The molecule has 1 fully saturated rings. The number of hydrogen-bond acceptors (Lipinski definition) is 5. The van der Waals surface area contributed by atoms with Gasteiger partial charge in [-0.1, -0.05) is 30.3 Å². The Kier molecular flexibility index (Phi) is 5.38. The van der Waals surface area contributed by atoms with Crippen molar-refractivity contribution in [3.8, 4) is 23.1 Å². The number of pyridine rings is 2. The van der Waals surface area contributed by atoms with Crippen LogP contribution < -0.4 is 10.1 Å². The largest absolute Gasteiger partial charge is 0.477 e. The van der Waals surface area contributed by atoms with E-state index in [1.165, 1.54) is 30.4 Å². The summed E-state index contributed by atoms with van der Waals surface area (Å²) in [6.45, 7) is 0.652. The van der Waals surface area contributed by atoms with Crippen LogP contribution in [0.5, 0.6) is 5.88 Å². The van der Waals surface area contributed by atoms with E-state index in [-0.39, 0.29) is 5.91 Å². The number of aryl methyl sites for hydroxylation is 2. The van der Waals surface area contributed by atoms with Crippen molar-refractivity contribution in [2.24, 2.45) is 5.92 Å². The van der Waals surface area contributed by atoms with Crippen molar-refractivity contribution >= 4 is 22.6 Å². The van der Waals surface area contributed by atoms with Gasteiger partial charge in [0.15, 0.2) is 0 Å². The van der Waals surface area contributed by atoms with E-state index in [1.54, 1.807) is 18.3 Å². The molecule has 2 heterocycles. The first kappa shape index (κ1) is 21.3. The average Bonchev–Trinajstić information content (AvgIpc) is 3.61. The van der Waals surface area contributed by atoms with Crippen molar-refractivity contribution in [3.63, 3.8) is 0 Å². The molecular weight excluding hydrogens is 436 g/mol. The van der Waals surface area contributed by atoms with Gasteiger partial charge in [-0.3, -0.25) is 4.79 Å². The van der Waals surface area contributed by atoms with E-state index in [9.17, 15) is 10.1 Å². The highest BCUT2D eigenvalue weighted by Gasteiger charge is 2.24. The Labute approximate surface area is 203 Å². The SMILES string of the molecule is N#Cc1cccc2ccc(NC(=O)c3cnc(OCC4CC4)c(-c4ccc5c(c4)CCC5)c3)nc12. The quantitative estimate of drug-likeness (QED) is 0.399. The van der Waals surface area contributed by atoms with Gasteiger partial charge in [0, 0.05) is 17.1 Å². The number of amides is 1. The lowest BCUT2D eigenvalue weighted by atomic mass is 10.00. The van der Waals surface area contributed by atoms with Gasteiger partial charge in [0.25, 0.3) is 5.91 Å². The molecule has 2 aliphatic carbocycles. The Morgan fingerprint density at radius 3 is 2.83 bits per heavy atom. The molecule has 0 spiro atoms. The molecule has 4 aromatic rings. The molecule has 6 heteroatoms. The number of nitrogens with zero attached hydrogens (tertiary/aromatic N) is 3. The third-order valence-corrected chi connectivity index (χ3v) is 6.76. The number of para-hydroxylation sites is 1. The van der Waals surface area contributed by atoms with Gasteiger partial charge < -0.3 is 10.1 Å². The van der Waals surface area contributed by atoms with Crippen LogP contribution in [0, 0.1) is 17.2 Å². The van der Waals surface area contributed by atoms with Gasteiger partial charge in [-0.05, 0) is 79.0 Å². The van der Waals surface area contributed by atoms with Gasteiger partial charge in [-0.2, -0.15) is 5.26 Å². The molecule has 35 heavy (non-hydrogen) atoms. The van der Waals surface area contributed by atoms with Crippen LogP contribution in [0.3, 0.4) is 0 Å². The number of carbonyl (C=O) groups is 1. The van der Waals surface area contributed by atoms with Crippen molar-refractivity contribution in [1.29, 1.82) is 5.26 Å². The molecule has 0 saturated heterocycles. The van der Waals surface area contributed by atoms with Gasteiger partial charge in [0.05, 0.1) is 23.3 Å². The molecule has 6 rings (SSSR count). The molecule has 2 aromatic carbocycles. The standard InChI is InChI=1S/C29H24N4O2/c30-15-23-6-2-4-20-11-12-26(32-27(20)23)33-28(34)24-14-25(29(31-16-24)35-17-18-7-8-18)22-10-9-19-3-1-5-21(19)13-22/h2,4,6,9-14,16,18H,1,3,5,7-8,17H2,(H,32,33,34). The van der Waals surface area contributed by atoms with Crippen molar-refractivity contribution in [3.05, 3.63) is 83.0 Å². The maximum atomic E-state index is 13.2. The van der Waals surface area contributed by atoms with Crippen LogP contribution in [0.25, 0.3) is 22.0 Å². The fourth-order valence-electron chi connectivity index (χ4n) is 4.61. The van der Waals surface area contributed by atoms with Gasteiger partial charge in [-0.15, -0.1) is 0 Å². The predicted molar refractivity (Wildman–Crippen MR) is 134 cm³/mol. The van der Waals surface area contributed by atoms with E-state index in [1.807, 2.05) is 24.3 Å². The minimum absolute atomic E-state index is 0.310. The van der Waals surface area contributed by atoms with E-state index < -0.39 is 0 Å². The highest BCUT2D eigenvalue weighted by Crippen LogP contribution is 2.35.